The van der Waals surface area contributed by atoms with Gasteiger partial charge in [-0.3, -0.25) is 0 Å². The number of rotatable bonds is 4. The Hall–Kier alpha value is -1.86. The zero-order valence-corrected chi connectivity index (χ0v) is 14.5. The average Bonchev–Trinajstić information content (AvgIpc) is 2.85. The van der Waals surface area contributed by atoms with Gasteiger partial charge in [0, 0.05) is 18.5 Å². The van der Waals surface area contributed by atoms with Crippen molar-refractivity contribution >= 4 is 21.0 Å². The van der Waals surface area contributed by atoms with Crippen molar-refractivity contribution in [2.75, 3.05) is 19.7 Å². The molecule has 0 unspecified atom stereocenters. The van der Waals surface area contributed by atoms with Crippen LogP contribution >= 0.6 is 0 Å². The second kappa shape index (κ2) is 6.94. The second-order valence-electron chi connectivity index (χ2n) is 5.82. The van der Waals surface area contributed by atoms with E-state index in [9.17, 15) is 13.2 Å². The van der Waals surface area contributed by atoms with Crippen LogP contribution in [0.1, 0.15) is 32.6 Å². The predicted molar refractivity (Wildman–Crippen MR) is 90.9 cm³/mol. The van der Waals surface area contributed by atoms with Gasteiger partial charge in [-0.05, 0) is 31.9 Å². The summed E-state index contributed by atoms with van der Waals surface area (Å²) in [6, 6.07) is 6.54. The summed E-state index contributed by atoms with van der Waals surface area (Å²) in [4.78, 5) is 12.0. The lowest BCUT2D eigenvalue weighted by molar-refractivity contribution is 0.336. The van der Waals surface area contributed by atoms with E-state index in [4.69, 9.17) is 9.15 Å². The zero-order chi connectivity index (χ0) is 17.2. The molecule has 2 aromatic rings. The van der Waals surface area contributed by atoms with Crippen molar-refractivity contribution < 1.29 is 17.6 Å². The normalized spacial score (nSPS) is 16.9. The lowest BCUT2D eigenvalue weighted by atomic mass is 10.2. The standard InChI is InChI=1S/C17H21NO5S/c1-2-22-14-9-7-8-13-12-15(17(19)23-16(13)14)24(20,21)18-10-5-3-4-6-11-18/h7-9,12H,2-6,10-11H2,1H3. The van der Waals surface area contributed by atoms with Crippen molar-refractivity contribution in [3.8, 4) is 5.75 Å². The molecule has 0 amide bonds. The van der Waals surface area contributed by atoms with Crippen LogP contribution in [0.2, 0.25) is 0 Å². The molecule has 2 heterocycles. The smallest absolute Gasteiger partial charge is 0.356 e. The molecule has 0 spiro atoms. The highest BCUT2D eigenvalue weighted by molar-refractivity contribution is 7.89. The molecule has 0 aliphatic carbocycles. The van der Waals surface area contributed by atoms with Crippen molar-refractivity contribution in [1.82, 2.24) is 4.31 Å². The van der Waals surface area contributed by atoms with E-state index in [1.807, 2.05) is 6.92 Å². The first-order chi connectivity index (χ1) is 11.5. The van der Waals surface area contributed by atoms with Gasteiger partial charge in [-0.15, -0.1) is 0 Å². The van der Waals surface area contributed by atoms with E-state index < -0.39 is 15.6 Å². The van der Waals surface area contributed by atoms with Gasteiger partial charge in [0.25, 0.3) is 0 Å². The molecule has 1 fully saturated rings. The Morgan fingerprint density at radius 3 is 2.54 bits per heavy atom. The molecule has 0 atom stereocenters. The maximum absolute atomic E-state index is 12.8. The molecule has 1 aromatic carbocycles. The highest BCUT2D eigenvalue weighted by atomic mass is 32.2. The number of fused-ring (bicyclic) bond motifs is 1. The van der Waals surface area contributed by atoms with Crippen LogP contribution in [0.4, 0.5) is 0 Å². The summed E-state index contributed by atoms with van der Waals surface area (Å²) in [6.45, 7) is 3.14. The molecule has 6 nitrogen and oxygen atoms in total. The van der Waals surface area contributed by atoms with E-state index in [0.717, 1.165) is 25.7 Å². The van der Waals surface area contributed by atoms with Crippen molar-refractivity contribution in [1.29, 1.82) is 0 Å². The molecule has 0 saturated carbocycles. The van der Waals surface area contributed by atoms with Crippen molar-refractivity contribution in [3.63, 3.8) is 0 Å². The average molecular weight is 351 g/mol. The van der Waals surface area contributed by atoms with Gasteiger partial charge < -0.3 is 9.15 Å². The van der Waals surface area contributed by atoms with Crippen LogP contribution < -0.4 is 10.4 Å². The Labute approximate surface area is 141 Å². The maximum Gasteiger partial charge on any atom is 0.356 e. The Bertz CT molecular complexity index is 879. The van der Waals surface area contributed by atoms with E-state index >= 15 is 0 Å². The lowest BCUT2D eigenvalue weighted by Crippen LogP contribution is -2.34. The number of ether oxygens (including phenoxy) is 1. The van der Waals surface area contributed by atoms with Crippen LogP contribution in [0.3, 0.4) is 0 Å². The predicted octanol–water partition coefficient (Wildman–Crippen LogP) is 2.76. The fourth-order valence-corrected chi connectivity index (χ4v) is 4.51. The van der Waals surface area contributed by atoms with Crippen molar-refractivity contribution in [3.05, 3.63) is 34.7 Å². The molecule has 1 aliphatic rings. The minimum absolute atomic E-state index is 0.277. The third-order valence-corrected chi connectivity index (χ3v) is 6.06. The third-order valence-electron chi connectivity index (χ3n) is 4.17. The first-order valence-corrected chi connectivity index (χ1v) is 9.68. The highest BCUT2D eigenvalue weighted by Gasteiger charge is 2.29. The quantitative estimate of drug-likeness (QED) is 0.792. The summed E-state index contributed by atoms with van der Waals surface area (Å²) >= 11 is 0. The number of nitrogens with zero attached hydrogens (tertiary/aromatic N) is 1. The Morgan fingerprint density at radius 1 is 1.17 bits per heavy atom. The number of benzene rings is 1. The summed E-state index contributed by atoms with van der Waals surface area (Å²) in [6.07, 6.45) is 3.64. The maximum atomic E-state index is 12.8. The van der Waals surface area contributed by atoms with Gasteiger partial charge in [0.1, 0.15) is 0 Å². The van der Waals surface area contributed by atoms with Crippen LogP contribution in [0.25, 0.3) is 11.0 Å². The monoisotopic (exact) mass is 351 g/mol. The molecule has 1 aliphatic heterocycles. The zero-order valence-electron chi connectivity index (χ0n) is 13.7. The minimum atomic E-state index is -3.85. The van der Waals surface area contributed by atoms with Crippen molar-refractivity contribution in [2.24, 2.45) is 0 Å². The third kappa shape index (κ3) is 3.18. The number of hydrogen-bond donors (Lipinski definition) is 0. The summed E-state index contributed by atoms with van der Waals surface area (Å²) in [5.74, 6) is 0.436. The van der Waals surface area contributed by atoms with E-state index in [2.05, 4.69) is 0 Å². The SMILES string of the molecule is CCOc1cccc2cc(S(=O)(=O)N3CCCCCC3)c(=O)oc12. The Balaban J connectivity index is 2.09. The van der Waals surface area contributed by atoms with Crippen LogP contribution in [0.15, 0.2) is 38.4 Å². The van der Waals surface area contributed by atoms with Crippen LogP contribution in [-0.2, 0) is 10.0 Å². The molecule has 0 N–H and O–H groups in total. The van der Waals surface area contributed by atoms with Crippen LogP contribution in [0, 0.1) is 0 Å². The van der Waals surface area contributed by atoms with Crippen LogP contribution in [0.5, 0.6) is 5.75 Å². The largest absolute Gasteiger partial charge is 0.490 e. The minimum Gasteiger partial charge on any atom is -0.490 e. The summed E-state index contributed by atoms with van der Waals surface area (Å²) in [5, 5.41) is 0.536. The molecule has 1 saturated heterocycles. The first-order valence-electron chi connectivity index (χ1n) is 8.24. The molecule has 0 bridgehead atoms. The second-order valence-corrected chi connectivity index (χ2v) is 7.73. The molecule has 7 heteroatoms. The van der Waals surface area contributed by atoms with Gasteiger partial charge in [-0.1, -0.05) is 25.0 Å². The Morgan fingerprint density at radius 2 is 1.88 bits per heavy atom. The fraction of sp³-hybridized carbons (Fsp3) is 0.471. The fourth-order valence-electron chi connectivity index (χ4n) is 2.97. The van der Waals surface area contributed by atoms with Gasteiger partial charge in [-0.2, -0.15) is 4.31 Å². The van der Waals surface area contributed by atoms with E-state index in [-0.39, 0.29) is 10.5 Å². The molecule has 3 rings (SSSR count). The van der Waals surface area contributed by atoms with Gasteiger partial charge in [0.05, 0.1) is 6.61 Å². The molecule has 1 aromatic heterocycles. The topological polar surface area (TPSA) is 76.8 Å². The molecule has 130 valence electrons. The van der Waals surface area contributed by atoms with Gasteiger partial charge >= 0.3 is 5.63 Å². The molecule has 24 heavy (non-hydrogen) atoms. The first kappa shape index (κ1) is 17.0. The molecular formula is C17H21NO5S. The molecule has 0 radical (unpaired) electrons. The Kier molecular flexibility index (Phi) is 4.91. The molecular weight excluding hydrogens is 330 g/mol. The lowest BCUT2D eigenvalue weighted by Gasteiger charge is -2.19. The van der Waals surface area contributed by atoms with Gasteiger partial charge in [-0.25, -0.2) is 13.2 Å². The highest BCUT2D eigenvalue weighted by Crippen LogP contribution is 2.27. The van der Waals surface area contributed by atoms with Gasteiger partial charge in [0.2, 0.25) is 10.0 Å². The van der Waals surface area contributed by atoms with Crippen molar-refractivity contribution in [2.45, 2.75) is 37.5 Å². The van der Waals surface area contributed by atoms with E-state index in [0.29, 0.717) is 30.8 Å². The van der Waals surface area contributed by atoms with E-state index in [1.165, 1.54) is 10.4 Å². The van der Waals surface area contributed by atoms with Crippen LogP contribution in [-0.4, -0.2) is 32.4 Å². The summed E-state index contributed by atoms with van der Waals surface area (Å²) in [7, 11) is -3.85. The number of para-hydroxylation sites is 1. The van der Waals surface area contributed by atoms with Gasteiger partial charge in [0.15, 0.2) is 16.2 Å². The number of sulfonamides is 1. The summed E-state index contributed by atoms with van der Waals surface area (Å²) < 4.78 is 37.8. The summed E-state index contributed by atoms with van der Waals surface area (Å²) in [5.41, 5.74) is -0.571. The van der Waals surface area contributed by atoms with E-state index in [1.54, 1.807) is 18.2 Å². The number of hydrogen-bond acceptors (Lipinski definition) is 5.